The lowest BCUT2D eigenvalue weighted by atomic mass is 9.99. The van der Waals surface area contributed by atoms with E-state index in [4.69, 9.17) is 0 Å². The summed E-state index contributed by atoms with van der Waals surface area (Å²) in [6.45, 7) is 6.76. The van der Waals surface area contributed by atoms with Crippen LogP contribution in [-0.4, -0.2) is 20.9 Å². The quantitative estimate of drug-likeness (QED) is 0.603. The maximum Gasteiger partial charge on any atom is 0.261 e. The first-order chi connectivity index (χ1) is 13.4. The van der Waals surface area contributed by atoms with Crippen molar-refractivity contribution in [1.82, 2.24) is 5.32 Å². The van der Waals surface area contributed by atoms with Crippen LogP contribution in [0.3, 0.4) is 0 Å². The second-order valence-electron chi connectivity index (χ2n) is 7.07. The molecule has 0 aliphatic rings. The van der Waals surface area contributed by atoms with E-state index in [9.17, 15) is 13.2 Å². The van der Waals surface area contributed by atoms with Gasteiger partial charge in [0.25, 0.3) is 15.9 Å². The van der Waals surface area contributed by atoms with Gasteiger partial charge in [0.1, 0.15) is 0 Å². The van der Waals surface area contributed by atoms with Crippen LogP contribution >= 0.6 is 0 Å². The molecule has 0 spiro atoms. The number of hydrogen-bond acceptors (Lipinski definition) is 3. The Balaban J connectivity index is 2.04. The van der Waals surface area contributed by atoms with Crippen molar-refractivity contribution in [2.24, 2.45) is 5.92 Å². The number of hydrogen-bond donors (Lipinski definition) is 2. The number of amides is 1. The fourth-order valence-electron chi connectivity index (χ4n) is 3.01. The van der Waals surface area contributed by atoms with Crippen molar-refractivity contribution in [1.29, 1.82) is 0 Å². The zero-order valence-corrected chi connectivity index (χ0v) is 17.7. The molecule has 0 saturated carbocycles. The molecule has 0 fully saturated rings. The topological polar surface area (TPSA) is 75.3 Å². The Morgan fingerprint density at radius 1 is 1.07 bits per heavy atom. The molecule has 0 aliphatic carbocycles. The summed E-state index contributed by atoms with van der Waals surface area (Å²) in [5.41, 5.74) is 1.70. The number of carbonyl (C=O) groups excluding carboxylic acids is 1. The minimum atomic E-state index is -3.65. The number of sulfonamides is 1. The molecule has 2 aromatic carbocycles. The highest BCUT2D eigenvalue weighted by Crippen LogP contribution is 2.21. The Labute approximate surface area is 168 Å². The van der Waals surface area contributed by atoms with Gasteiger partial charge >= 0.3 is 0 Å². The van der Waals surface area contributed by atoms with Gasteiger partial charge in [-0.2, -0.15) is 0 Å². The minimum absolute atomic E-state index is 0.129. The Hall–Kier alpha value is -2.34. The second kappa shape index (κ2) is 10.3. The number of rotatable bonds is 10. The third-order valence-electron chi connectivity index (χ3n) is 4.88. The third-order valence-corrected chi connectivity index (χ3v) is 6.26. The van der Waals surface area contributed by atoms with Gasteiger partial charge in [0.05, 0.1) is 10.6 Å². The summed E-state index contributed by atoms with van der Waals surface area (Å²) in [5.74, 6) is 0.359. The van der Waals surface area contributed by atoms with Crippen molar-refractivity contribution in [2.45, 2.75) is 51.3 Å². The molecule has 1 atom stereocenters. The van der Waals surface area contributed by atoms with Crippen molar-refractivity contribution in [3.8, 4) is 0 Å². The number of aryl methyl sites for hydroxylation is 1. The van der Waals surface area contributed by atoms with E-state index < -0.39 is 10.0 Å². The van der Waals surface area contributed by atoms with E-state index in [1.165, 1.54) is 6.42 Å². The number of unbranched alkanes of at least 4 members (excludes halogenated alkanes) is 1. The van der Waals surface area contributed by atoms with Crippen LogP contribution in [-0.2, 0) is 10.0 Å². The van der Waals surface area contributed by atoms with Crippen molar-refractivity contribution in [3.05, 3.63) is 59.7 Å². The maximum atomic E-state index is 12.5. The molecule has 0 heterocycles. The molecule has 0 saturated heterocycles. The van der Waals surface area contributed by atoms with Crippen LogP contribution in [0.2, 0.25) is 0 Å². The molecule has 0 unspecified atom stereocenters. The minimum Gasteiger partial charge on any atom is -0.352 e. The van der Waals surface area contributed by atoms with E-state index >= 15 is 0 Å². The Bertz CT molecular complexity index is 880. The van der Waals surface area contributed by atoms with Crippen LogP contribution in [0.5, 0.6) is 0 Å². The van der Waals surface area contributed by atoms with Crippen LogP contribution in [0, 0.1) is 12.8 Å². The van der Waals surface area contributed by atoms with Crippen molar-refractivity contribution in [2.75, 3.05) is 11.3 Å². The van der Waals surface area contributed by atoms with E-state index in [1.807, 2.05) is 0 Å². The molecule has 0 aliphatic heterocycles. The van der Waals surface area contributed by atoms with Crippen LogP contribution in [0.4, 0.5) is 5.69 Å². The molecule has 5 nitrogen and oxygen atoms in total. The van der Waals surface area contributed by atoms with Gasteiger partial charge < -0.3 is 5.32 Å². The molecular weight excluding hydrogens is 372 g/mol. The Kier molecular flexibility index (Phi) is 8.05. The van der Waals surface area contributed by atoms with Crippen LogP contribution < -0.4 is 10.0 Å². The van der Waals surface area contributed by atoms with Gasteiger partial charge in [-0.25, -0.2) is 8.42 Å². The highest BCUT2D eigenvalue weighted by molar-refractivity contribution is 7.92. The predicted octanol–water partition coefficient (Wildman–Crippen LogP) is 4.74. The van der Waals surface area contributed by atoms with Crippen LogP contribution in [0.15, 0.2) is 53.4 Å². The SMILES string of the molecule is CCCC[C@@H](CC)CNC(=O)c1ccc(NS(=O)(=O)c2ccccc2)c(C)c1. The van der Waals surface area contributed by atoms with Crippen molar-refractivity contribution in [3.63, 3.8) is 0 Å². The van der Waals surface area contributed by atoms with Gasteiger partial charge in [0.2, 0.25) is 0 Å². The average Bonchev–Trinajstić information content (AvgIpc) is 2.70. The molecular formula is C22H30N2O3S. The lowest BCUT2D eigenvalue weighted by molar-refractivity contribution is 0.0945. The fourth-order valence-corrected chi connectivity index (χ4v) is 4.16. The highest BCUT2D eigenvalue weighted by atomic mass is 32.2. The van der Waals surface area contributed by atoms with E-state index in [2.05, 4.69) is 23.9 Å². The zero-order chi connectivity index (χ0) is 20.6. The third kappa shape index (κ3) is 6.09. The fraction of sp³-hybridized carbons (Fsp3) is 0.409. The molecule has 28 heavy (non-hydrogen) atoms. The molecule has 2 N–H and O–H groups in total. The molecule has 2 rings (SSSR count). The summed E-state index contributed by atoms with van der Waals surface area (Å²) < 4.78 is 27.6. The summed E-state index contributed by atoms with van der Waals surface area (Å²) in [6, 6.07) is 13.2. The van der Waals surface area contributed by atoms with Gasteiger partial charge in [-0.15, -0.1) is 0 Å². The lowest BCUT2D eigenvalue weighted by Crippen LogP contribution is -2.29. The van der Waals surface area contributed by atoms with Gasteiger partial charge in [0.15, 0.2) is 0 Å². The van der Waals surface area contributed by atoms with Crippen LogP contribution in [0.1, 0.15) is 55.5 Å². The smallest absolute Gasteiger partial charge is 0.261 e. The summed E-state index contributed by atoms with van der Waals surface area (Å²) in [5, 5.41) is 3.00. The van der Waals surface area contributed by atoms with E-state index in [0.29, 0.717) is 29.3 Å². The number of nitrogens with one attached hydrogen (secondary N) is 2. The number of benzene rings is 2. The summed E-state index contributed by atoms with van der Waals surface area (Å²) in [7, 11) is -3.65. The van der Waals surface area contributed by atoms with Gasteiger partial charge in [-0.05, 0) is 55.2 Å². The molecule has 1 amide bonds. The standard InChI is InChI=1S/C22H30N2O3S/c1-4-6-10-18(5-2)16-23-22(25)19-13-14-21(17(3)15-19)24-28(26,27)20-11-8-7-9-12-20/h7-9,11-15,18,24H,4-6,10,16H2,1-3H3,(H,23,25)/t18-/m1/s1. The van der Waals surface area contributed by atoms with Gasteiger partial charge in [-0.3, -0.25) is 9.52 Å². The van der Waals surface area contributed by atoms with E-state index in [1.54, 1.807) is 55.5 Å². The summed E-state index contributed by atoms with van der Waals surface area (Å²) >= 11 is 0. The largest absolute Gasteiger partial charge is 0.352 e. The first-order valence-corrected chi connectivity index (χ1v) is 11.3. The molecule has 0 aromatic heterocycles. The number of carbonyl (C=O) groups is 1. The van der Waals surface area contributed by atoms with Gasteiger partial charge in [0, 0.05) is 12.1 Å². The van der Waals surface area contributed by atoms with Crippen molar-refractivity contribution < 1.29 is 13.2 Å². The maximum absolute atomic E-state index is 12.5. The highest BCUT2D eigenvalue weighted by Gasteiger charge is 2.16. The normalized spacial score (nSPS) is 12.4. The van der Waals surface area contributed by atoms with Crippen LogP contribution in [0.25, 0.3) is 0 Å². The molecule has 6 heteroatoms. The molecule has 0 radical (unpaired) electrons. The predicted molar refractivity (Wildman–Crippen MR) is 114 cm³/mol. The monoisotopic (exact) mass is 402 g/mol. The summed E-state index contributed by atoms with van der Waals surface area (Å²) in [4.78, 5) is 12.7. The first kappa shape index (κ1) is 22.0. The zero-order valence-electron chi connectivity index (χ0n) is 16.9. The average molecular weight is 403 g/mol. The first-order valence-electron chi connectivity index (χ1n) is 9.84. The molecule has 2 aromatic rings. The second-order valence-corrected chi connectivity index (χ2v) is 8.76. The lowest BCUT2D eigenvalue weighted by Gasteiger charge is -2.16. The van der Waals surface area contributed by atoms with Crippen molar-refractivity contribution >= 4 is 21.6 Å². The molecule has 152 valence electrons. The number of anilines is 1. The summed E-state index contributed by atoms with van der Waals surface area (Å²) in [6.07, 6.45) is 4.49. The van der Waals surface area contributed by atoms with E-state index in [-0.39, 0.29) is 10.8 Å². The van der Waals surface area contributed by atoms with E-state index in [0.717, 1.165) is 19.3 Å². The van der Waals surface area contributed by atoms with Gasteiger partial charge in [-0.1, -0.05) is 51.3 Å². The Morgan fingerprint density at radius 2 is 1.79 bits per heavy atom. The molecule has 0 bridgehead atoms. The Morgan fingerprint density at radius 3 is 2.39 bits per heavy atom.